The van der Waals surface area contributed by atoms with Crippen LogP contribution in [0.1, 0.15) is 21.5 Å². The molecule has 1 heterocycles. The summed E-state index contributed by atoms with van der Waals surface area (Å²) in [6, 6.07) is 8.89. The number of carbonyl (C=O) groups is 2. The van der Waals surface area contributed by atoms with Crippen molar-refractivity contribution in [3.63, 3.8) is 0 Å². The van der Waals surface area contributed by atoms with E-state index in [2.05, 4.69) is 10.3 Å². The summed E-state index contributed by atoms with van der Waals surface area (Å²) < 4.78 is 15.6. The van der Waals surface area contributed by atoms with Crippen LogP contribution in [-0.2, 0) is 11.3 Å². The fourth-order valence-corrected chi connectivity index (χ4v) is 3.10. The van der Waals surface area contributed by atoms with Gasteiger partial charge >= 0.3 is 6.09 Å². The average Bonchev–Trinajstić information content (AvgIpc) is 2.73. The van der Waals surface area contributed by atoms with E-state index in [0.717, 1.165) is 11.1 Å². The third-order valence-electron chi connectivity index (χ3n) is 4.71. The van der Waals surface area contributed by atoms with Gasteiger partial charge in [0.2, 0.25) is 0 Å². The van der Waals surface area contributed by atoms with E-state index in [9.17, 15) is 9.59 Å². The molecule has 0 aliphatic rings. The summed E-state index contributed by atoms with van der Waals surface area (Å²) >= 11 is 0. The molecule has 3 rings (SSSR count). The van der Waals surface area contributed by atoms with Crippen LogP contribution < -0.4 is 26.3 Å². The molecule has 0 saturated carbocycles. The zero-order valence-electron chi connectivity index (χ0n) is 16.8. The maximum Gasteiger partial charge on any atom is 0.404 e. The Balaban J connectivity index is 2.15. The maximum atomic E-state index is 12.1. The molecular formula is C21H22N4O5. The zero-order valence-corrected chi connectivity index (χ0v) is 16.8. The Morgan fingerprint density at radius 3 is 2.43 bits per heavy atom. The molecule has 9 heteroatoms. The number of rotatable bonds is 7. The molecule has 0 saturated heterocycles. The van der Waals surface area contributed by atoms with E-state index in [1.807, 2.05) is 19.1 Å². The Morgan fingerprint density at radius 2 is 1.80 bits per heavy atom. The monoisotopic (exact) mass is 410 g/mol. The molecule has 156 valence electrons. The van der Waals surface area contributed by atoms with Crippen LogP contribution in [0.3, 0.4) is 0 Å². The SMILES string of the molecule is COc1cc2ncc(C(N)=O)c(Nc3cccc(COC(N)=O)c3C)c2cc1OC. The lowest BCUT2D eigenvalue weighted by molar-refractivity contribution is 0.100. The van der Waals surface area contributed by atoms with Crippen LogP contribution in [0.4, 0.5) is 16.2 Å². The van der Waals surface area contributed by atoms with E-state index in [4.69, 9.17) is 25.7 Å². The van der Waals surface area contributed by atoms with Gasteiger partial charge in [-0.15, -0.1) is 0 Å². The Morgan fingerprint density at radius 1 is 1.10 bits per heavy atom. The number of amides is 2. The molecule has 0 atom stereocenters. The number of methoxy groups -OCH3 is 2. The van der Waals surface area contributed by atoms with Gasteiger partial charge in [-0.2, -0.15) is 0 Å². The van der Waals surface area contributed by atoms with Crippen molar-refractivity contribution in [2.45, 2.75) is 13.5 Å². The second-order valence-corrected chi connectivity index (χ2v) is 6.46. The lowest BCUT2D eigenvalue weighted by Crippen LogP contribution is -2.15. The molecule has 3 aromatic rings. The van der Waals surface area contributed by atoms with Crippen molar-refractivity contribution < 1.29 is 23.8 Å². The Bertz CT molecular complexity index is 1130. The van der Waals surface area contributed by atoms with Gasteiger partial charge in [0.1, 0.15) is 6.61 Å². The van der Waals surface area contributed by atoms with Gasteiger partial charge in [0, 0.05) is 23.3 Å². The lowest BCUT2D eigenvalue weighted by Gasteiger charge is -2.18. The molecule has 5 N–H and O–H groups in total. The number of nitrogens with one attached hydrogen (secondary N) is 1. The van der Waals surface area contributed by atoms with E-state index in [-0.39, 0.29) is 12.2 Å². The van der Waals surface area contributed by atoms with Gasteiger partial charge in [-0.05, 0) is 30.2 Å². The van der Waals surface area contributed by atoms with Gasteiger partial charge in [-0.3, -0.25) is 9.78 Å². The third kappa shape index (κ3) is 4.04. The lowest BCUT2D eigenvalue weighted by atomic mass is 10.0. The molecule has 0 fully saturated rings. The summed E-state index contributed by atoms with van der Waals surface area (Å²) in [5.74, 6) is 0.362. The van der Waals surface area contributed by atoms with Crippen molar-refractivity contribution in [3.8, 4) is 11.5 Å². The van der Waals surface area contributed by atoms with Gasteiger partial charge < -0.3 is 31.0 Å². The summed E-state index contributed by atoms with van der Waals surface area (Å²) in [4.78, 5) is 27.3. The molecule has 0 bridgehead atoms. The highest BCUT2D eigenvalue weighted by molar-refractivity contribution is 6.08. The number of carbonyl (C=O) groups excluding carboxylic acids is 2. The van der Waals surface area contributed by atoms with Crippen molar-refractivity contribution in [2.75, 3.05) is 19.5 Å². The molecule has 0 spiro atoms. The van der Waals surface area contributed by atoms with Crippen LogP contribution in [-0.4, -0.2) is 31.2 Å². The largest absolute Gasteiger partial charge is 0.493 e. The number of nitrogens with zero attached hydrogens (tertiary/aromatic N) is 1. The second kappa shape index (κ2) is 8.56. The number of ether oxygens (including phenoxy) is 3. The van der Waals surface area contributed by atoms with Crippen LogP contribution in [0.5, 0.6) is 11.5 Å². The first-order valence-electron chi connectivity index (χ1n) is 8.98. The van der Waals surface area contributed by atoms with Gasteiger partial charge in [-0.25, -0.2) is 4.79 Å². The average molecular weight is 410 g/mol. The van der Waals surface area contributed by atoms with Crippen molar-refractivity contribution in [2.24, 2.45) is 11.5 Å². The van der Waals surface area contributed by atoms with E-state index in [1.54, 1.807) is 18.2 Å². The minimum absolute atomic E-state index is 0.0292. The number of pyridine rings is 1. The predicted molar refractivity (Wildman–Crippen MR) is 112 cm³/mol. The number of fused-ring (bicyclic) bond motifs is 1. The molecule has 30 heavy (non-hydrogen) atoms. The van der Waals surface area contributed by atoms with Crippen molar-refractivity contribution in [3.05, 3.63) is 53.2 Å². The molecule has 0 radical (unpaired) electrons. The number of anilines is 2. The van der Waals surface area contributed by atoms with Gasteiger partial charge in [0.15, 0.2) is 11.5 Å². The number of primary amides is 2. The Hall–Kier alpha value is -4.01. The number of nitrogens with two attached hydrogens (primary N) is 2. The number of hydrogen-bond acceptors (Lipinski definition) is 7. The minimum Gasteiger partial charge on any atom is -0.493 e. The molecule has 0 aliphatic carbocycles. The molecule has 2 amide bonds. The summed E-state index contributed by atoms with van der Waals surface area (Å²) in [5, 5.41) is 3.90. The topological polar surface area (TPSA) is 139 Å². The molecule has 2 aromatic carbocycles. The summed E-state index contributed by atoms with van der Waals surface area (Å²) in [6.07, 6.45) is 0.554. The molecule has 0 unspecified atom stereocenters. The number of aromatic nitrogens is 1. The van der Waals surface area contributed by atoms with Crippen LogP contribution in [0.15, 0.2) is 36.5 Å². The normalized spacial score (nSPS) is 10.5. The number of benzene rings is 2. The van der Waals surface area contributed by atoms with Gasteiger partial charge in [0.05, 0.1) is 31.0 Å². The first kappa shape index (κ1) is 20.7. The fourth-order valence-electron chi connectivity index (χ4n) is 3.10. The molecule has 1 aromatic heterocycles. The highest BCUT2D eigenvalue weighted by Gasteiger charge is 2.18. The van der Waals surface area contributed by atoms with Crippen LogP contribution in [0.25, 0.3) is 10.9 Å². The zero-order chi connectivity index (χ0) is 21.8. The molecule has 9 nitrogen and oxygen atoms in total. The standard InChI is InChI=1S/C21H22N4O5/c1-11-12(10-30-21(23)27)5-4-6-15(11)25-19-13-7-17(28-2)18(29-3)8-16(13)24-9-14(19)20(22)26/h4-9H,10H2,1-3H3,(H2,22,26)(H2,23,27)(H,24,25). The Labute approximate surface area is 172 Å². The van der Waals surface area contributed by atoms with Crippen molar-refractivity contribution >= 4 is 34.3 Å². The van der Waals surface area contributed by atoms with Gasteiger partial charge in [0.25, 0.3) is 5.91 Å². The fraction of sp³-hybridized carbons (Fsp3) is 0.190. The van der Waals surface area contributed by atoms with E-state index in [0.29, 0.717) is 33.8 Å². The number of hydrogen-bond donors (Lipinski definition) is 3. The van der Waals surface area contributed by atoms with E-state index in [1.165, 1.54) is 20.4 Å². The predicted octanol–water partition coefficient (Wildman–Crippen LogP) is 3.00. The van der Waals surface area contributed by atoms with E-state index >= 15 is 0 Å². The molecular weight excluding hydrogens is 388 g/mol. The van der Waals surface area contributed by atoms with Crippen LogP contribution >= 0.6 is 0 Å². The van der Waals surface area contributed by atoms with Crippen molar-refractivity contribution in [1.82, 2.24) is 4.98 Å². The quantitative estimate of drug-likeness (QED) is 0.544. The first-order chi connectivity index (χ1) is 14.3. The smallest absolute Gasteiger partial charge is 0.404 e. The second-order valence-electron chi connectivity index (χ2n) is 6.46. The van der Waals surface area contributed by atoms with Crippen LogP contribution in [0, 0.1) is 6.92 Å². The summed E-state index contributed by atoms with van der Waals surface area (Å²) in [5.41, 5.74) is 14.2. The van der Waals surface area contributed by atoms with Gasteiger partial charge in [-0.1, -0.05) is 12.1 Å². The first-order valence-corrected chi connectivity index (χ1v) is 8.98. The third-order valence-corrected chi connectivity index (χ3v) is 4.71. The minimum atomic E-state index is -0.857. The summed E-state index contributed by atoms with van der Waals surface area (Å²) in [7, 11) is 3.05. The highest BCUT2D eigenvalue weighted by Crippen LogP contribution is 2.37. The Kier molecular flexibility index (Phi) is 5.91. The van der Waals surface area contributed by atoms with Crippen LogP contribution in [0.2, 0.25) is 0 Å². The van der Waals surface area contributed by atoms with E-state index < -0.39 is 12.0 Å². The van der Waals surface area contributed by atoms with Crippen molar-refractivity contribution in [1.29, 1.82) is 0 Å². The summed E-state index contributed by atoms with van der Waals surface area (Å²) in [6.45, 7) is 1.89. The maximum absolute atomic E-state index is 12.1. The molecule has 0 aliphatic heterocycles. The highest BCUT2D eigenvalue weighted by atomic mass is 16.5.